The number of nitrogens with two attached hydrogens (primary N) is 1. The van der Waals surface area contributed by atoms with E-state index in [2.05, 4.69) is 25.8 Å². The maximum atomic E-state index is 13.4. The second-order valence-electron chi connectivity index (χ2n) is 10.1. The maximum absolute atomic E-state index is 13.4. The molecule has 4 rings (SSSR count). The number of tetrazole rings is 1. The van der Waals surface area contributed by atoms with E-state index in [0.29, 0.717) is 39.6 Å². The van der Waals surface area contributed by atoms with Crippen LogP contribution in [-0.4, -0.2) is 109 Å². The van der Waals surface area contributed by atoms with E-state index in [1.54, 1.807) is 23.9 Å². The first kappa shape index (κ1) is 31.7. The molecule has 3 atom stereocenters. The lowest BCUT2D eigenvalue weighted by Gasteiger charge is -2.49. The summed E-state index contributed by atoms with van der Waals surface area (Å²) in [6.07, 6.45) is -1.19. The van der Waals surface area contributed by atoms with E-state index in [1.807, 2.05) is 19.0 Å². The van der Waals surface area contributed by atoms with Gasteiger partial charge in [-0.05, 0) is 30.1 Å². The van der Waals surface area contributed by atoms with Crippen LogP contribution >= 0.6 is 34.9 Å². The summed E-state index contributed by atoms with van der Waals surface area (Å²) >= 11 is 3.98. The SMILES string of the molecule is CC(OC(=O)C1=C(CSc2nnnn2CCN(C)C)CS[C@@H]2[C@H](NC(=O)Cc3csc(N)n3)C(=O)N12)OC(=O)C(C)C. The number of nitrogen functional groups attached to an aromatic ring is 1. The summed E-state index contributed by atoms with van der Waals surface area (Å²) in [5.74, 6) is -1.87. The van der Waals surface area contributed by atoms with Crippen LogP contribution in [0.5, 0.6) is 0 Å². The maximum Gasteiger partial charge on any atom is 0.358 e. The molecule has 18 heteroatoms. The normalized spacial score (nSPS) is 19.0. The molecule has 0 spiro atoms. The quantitative estimate of drug-likeness (QED) is 0.132. The predicted molar refractivity (Wildman–Crippen MR) is 156 cm³/mol. The molecule has 0 saturated carbocycles. The zero-order valence-electron chi connectivity index (χ0n) is 23.8. The van der Waals surface area contributed by atoms with Gasteiger partial charge in [0, 0.05) is 30.4 Å². The van der Waals surface area contributed by atoms with Gasteiger partial charge in [-0.15, -0.1) is 28.2 Å². The minimum Gasteiger partial charge on any atom is -0.425 e. The third-order valence-electron chi connectivity index (χ3n) is 6.13. The minimum absolute atomic E-state index is 0.0250. The molecule has 228 valence electrons. The molecule has 2 aliphatic rings. The summed E-state index contributed by atoms with van der Waals surface area (Å²) in [4.78, 5) is 58.9. The van der Waals surface area contributed by atoms with E-state index in [0.717, 1.165) is 6.54 Å². The Hall–Kier alpha value is -3.22. The van der Waals surface area contributed by atoms with Gasteiger partial charge in [-0.2, -0.15) is 0 Å². The Bertz CT molecular complexity index is 1360. The number of esters is 2. The van der Waals surface area contributed by atoms with E-state index < -0.39 is 41.5 Å². The van der Waals surface area contributed by atoms with Crippen molar-refractivity contribution in [3.63, 3.8) is 0 Å². The molecule has 0 radical (unpaired) electrons. The van der Waals surface area contributed by atoms with E-state index in [9.17, 15) is 19.2 Å². The number of thioether (sulfide) groups is 2. The van der Waals surface area contributed by atoms with Gasteiger partial charge in [-0.1, -0.05) is 25.6 Å². The van der Waals surface area contributed by atoms with Crippen LogP contribution in [0.15, 0.2) is 21.8 Å². The molecule has 2 aliphatic heterocycles. The van der Waals surface area contributed by atoms with Crippen molar-refractivity contribution in [2.45, 2.75) is 56.6 Å². The molecule has 2 aromatic rings. The van der Waals surface area contributed by atoms with E-state index in [1.165, 1.54) is 46.7 Å². The summed E-state index contributed by atoms with van der Waals surface area (Å²) < 4.78 is 12.3. The second kappa shape index (κ2) is 13.8. The number of hydrogen-bond acceptors (Lipinski definition) is 15. The third-order valence-corrected chi connectivity index (χ3v) is 9.23. The van der Waals surface area contributed by atoms with Gasteiger partial charge >= 0.3 is 11.9 Å². The number of carbonyl (C=O) groups is 4. The third kappa shape index (κ3) is 7.59. The Kier molecular flexibility index (Phi) is 10.4. The Balaban J connectivity index is 1.50. The van der Waals surface area contributed by atoms with Gasteiger partial charge in [-0.25, -0.2) is 14.5 Å². The summed E-state index contributed by atoms with van der Waals surface area (Å²) in [6, 6.07) is -0.829. The fraction of sp³-hybridized carbons (Fsp3) is 0.583. The number of rotatable bonds is 13. The highest BCUT2D eigenvalue weighted by Gasteiger charge is 2.54. The number of amides is 2. The fourth-order valence-electron chi connectivity index (χ4n) is 3.99. The number of anilines is 1. The van der Waals surface area contributed by atoms with Gasteiger partial charge in [0.05, 0.1) is 24.6 Å². The van der Waals surface area contributed by atoms with Gasteiger partial charge in [0.15, 0.2) is 5.13 Å². The monoisotopic (exact) mass is 639 g/mol. The molecule has 15 nitrogen and oxygen atoms in total. The van der Waals surface area contributed by atoms with Crippen LogP contribution in [0.1, 0.15) is 26.5 Å². The van der Waals surface area contributed by atoms with Crippen molar-refractivity contribution in [1.82, 2.24) is 40.3 Å². The van der Waals surface area contributed by atoms with Gasteiger partial charge < -0.3 is 25.4 Å². The Morgan fingerprint density at radius 1 is 1.26 bits per heavy atom. The van der Waals surface area contributed by atoms with Crippen molar-refractivity contribution < 1.29 is 28.7 Å². The molecule has 2 amide bonds. The van der Waals surface area contributed by atoms with Crippen LogP contribution in [0.2, 0.25) is 0 Å². The zero-order chi connectivity index (χ0) is 30.6. The molecule has 1 unspecified atom stereocenters. The number of hydrogen-bond donors (Lipinski definition) is 2. The summed E-state index contributed by atoms with van der Waals surface area (Å²) in [6.45, 7) is 6.08. The van der Waals surface area contributed by atoms with Crippen molar-refractivity contribution in [1.29, 1.82) is 0 Å². The first-order valence-electron chi connectivity index (χ1n) is 13.1. The van der Waals surface area contributed by atoms with Gasteiger partial charge in [0.2, 0.25) is 17.4 Å². The average Bonchev–Trinajstić information content (AvgIpc) is 3.56. The van der Waals surface area contributed by atoms with Crippen molar-refractivity contribution in [2.75, 3.05) is 37.9 Å². The first-order chi connectivity index (χ1) is 19.9. The number of carbonyl (C=O) groups excluding carboxylic acids is 4. The fourth-order valence-corrected chi connectivity index (χ4v) is 6.94. The molecule has 0 bridgehead atoms. The number of likely N-dealkylation sites (N-methyl/N-ethyl adjacent to an activating group) is 1. The van der Waals surface area contributed by atoms with E-state index in [4.69, 9.17) is 15.2 Å². The molecule has 3 N–H and O–H groups in total. The van der Waals surface area contributed by atoms with E-state index in [-0.39, 0.29) is 18.0 Å². The lowest BCUT2D eigenvalue weighted by Crippen LogP contribution is -2.70. The number of nitrogens with zero attached hydrogens (tertiary/aromatic N) is 7. The molecule has 4 heterocycles. The van der Waals surface area contributed by atoms with Crippen LogP contribution in [0.3, 0.4) is 0 Å². The lowest BCUT2D eigenvalue weighted by molar-refractivity contribution is -0.186. The van der Waals surface area contributed by atoms with Crippen LogP contribution in [-0.2, 0) is 41.6 Å². The largest absolute Gasteiger partial charge is 0.425 e. The van der Waals surface area contributed by atoms with Crippen LogP contribution in [0.4, 0.5) is 5.13 Å². The lowest BCUT2D eigenvalue weighted by atomic mass is 10.0. The molecule has 1 fully saturated rings. The molecule has 0 aromatic carbocycles. The number of thiazole rings is 1. The number of nitrogens with one attached hydrogen (secondary N) is 1. The van der Waals surface area contributed by atoms with E-state index >= 15 is 0 Å². The summed E-state index contributed by atoms with van der Waals surface area (Å²) in [5.41, 5.74) is 6.85. The van der Waals surface area contributed by atoms with Crippen LogP contribution in [0, 0.1) is 5.92 Å². The highest BCUT2D eigenvalue weighted by atomic mass is 32.2. The Morgan fingerprint density at radius 3 is 2.69 bits per heavy atom. The average molecular weight is 640 g/mol. The molecule has 1 saturated heterocycles. The predicted octanol–water partition coefficient (Wildman–Crippen LogP) is 0.351. The standard InChI is InChI=1S/C24H33N9O6S3/c1-12(2)21(36)38-13(3)39-22(37)18-14(10-42-24-28-29-30-32(24)7-6-31(4)5)9-40-20-17(19(35)33(18)20)27-16(34)8-15-11-41-23(25)26-15/h11-13,17,20H,6-10H2,1-5H3,(H2,25,26)(H,27,34)/t13?,17-,20-/m1/s1. The molecular weight excluding hydrogens is 607 g/mol. The number of β-lactam (4-membered cyclic amide) rings is 1. The molecule has 2 aromatic heterocycles. The highest BCUT2D eigenvalue weighted by molar-refractivity contribution is 8.01. The topological polar surface area (TPSA) is 188 Å². The van der Waals surface area contributed by atoms with Gasteiger partial charge in [-0.3, -0.25) is 19.3 Å². The second-order valence-corrected chi connectivity index (χ2v) is 13.0. The van der Waals surface area contributed by atoms with Gasteiger partial charge in [0.1, 0.15) is 17.1 Å². The number of fused-ring (bicyclic) bond motifs is 1. The summed E-state index contributed by atoms with van der Waals surface area (Å²) in [7, 11) is 3.90. The molecule has 42 heavy (non-hydrogen) atoms. The zero-order valence-corrected chi connectivity index (χ0v) is 26.3. The molecular formula is C24H33N9O6S3. The summed E-state index contributed by atoms with van der Waals surface area (Å²) in [5, 5.41) is 16.7. The van der Waals surface area contributed by atoms with Crippen molar-refractivity contribution in [3.05, 3.63) is 22.3 Å². The first-order valence-corrected chi connectivity index (χ1v) is 16.0. The van der Waals surface area contributed by atoms with Crippen LogP contribution in [0.25, 0.3) is 0 Å². The number of aromatic nitrogens is 5. The Labute approximate surface area is 254 Å². The van der Waals surface area contributed by atoms with Crippen LogP contribution < -0.4 is 11.1 Å². The van der Waals surface area contributed by atoms with Crippen molar-refractivity contribution in [2.24, 2.45) is 5.92 Å². The molecule has 0 aliphatic carbocycles. The minimum atomic E-state index is -1.17. The van der Waals surface area contributed by atoms with Crippen molar-refractivity contribution >= 4 is 63.7 Å². The number of ether oxygens (including phenoxy) is 2. The van der Waals surface area contributed by atoms with Crippen molar-refractivity contribution in [3.8, 4) is 0 Å². The van der Waals surface area contributed by atoms with Gasteiger partial charge in [0.25, 0.3) is 5.91 Å². The smallest absolute Gasteiger partial charge is 0.358 e. The highest BCUT2D eigenvalue weighted by Crippen LogP contribution is 2.42. The Morgan fingerprint density at radius 2 is 2.02 bits per heavy atom.